The molecule has 0 spiro atoms. The highest BCUT2D eigenvalue weighted by molar-refractivity contribution is 4.76. The zero-order valence-electron chi connectivity index (χ0n) is 11.2. The van der Waals surface area contributed by atoms with Crippen molar-refractivity contribution in [3.63, 3.8) is 0 Å². The minimum Gasteiger partial charge on any atom is -0.394 e. The monoisotopic (exact) mass is 244 g/mol. The number of nitrogens with one attached hydrogen (secondary N) is 1. The van der Waals surface area contributed by atoms with Gasteiger partial charge in [0, 0.05) is 19.1 Å². The average Bonchev–Trinajstić information content (AvgIpc) is 2.36. The van der Waals surface area contributed by atoms with Crippen LogP contribution < -0.4 is 5.32 Å². The molecule has 0 saturated carbocycles. The summed E-state index contributed by atoms with van der Waals surface area (Å²) < 4.78 is 5.34. The van der Waals surface area contributed by atoms with Crippen molar-refractivity contribution in [3.05, 3.63) is 0 Å². The molecule has 1 fully saturated rings. The first-order chi connectivity index (χ1) is 8.36. The summed E-state index contributed by atoms with van der Waals surface area (Å²) in [6.07, 6.45) is 5.17. The van der Waals surface area contributed by atoms with Crippen LogP contribution in [0.5, 0.6) is 0 Å². The Kier molecular flexibility index (Phi) is 8.61. The van der Waals surface area contributed by atoms with Crippen molar-refractivity contribution in [2.45, 2.75) is 38.6 Å². The molecule has 0 aliphatic carbocycles. The van der Waals surface area contributed by atoms with Gasteiger partial charge in [-0.1, -0.05) is 13.3 Å². The molecule has 0 bridgehead atoms. The van der Waals surface area contributed by atoms with Crippen LogP contribution in [0.15, 0.2) is 0 Å². The van der Waals surface area contributed by atoms with Gasteiger partial charge >= 0.3 is 0 Å². The number of ether oxygens (including phenoxy) is 1. The SMILES string of the molecule is CCCN(CCOCCO)CC1CCCCN1. The lowest BCUT2D eigenvalue weighted by atomic mass is 10.0. The molecule has 1 atom stereocenters. The van der Waals surface area contributed by atoms with Gasteiger partial charge in [-0.15, -0.1) is 0 Å². The van der Waals surface area contributed by atoms with Crippen LogP contribution in [0.2, 0.25) is 0 Å². The molecule has 102 valence electrons. The maximum absolute atomic E-state index is 8.65. The maximum Gasteiger partial charge on any atom is 0.0698 e. The van der Waals surface area contributed by atoms with E-state index in [1.807, 2.05) is 0 Å². The third kappa shape index (κ3) is 6.99. The molecule has 0 radical (unpaired) electrons. The first kappa shape index (κ1) is 14.9. The predicted octanol–water partition coefficient (Wildman–Crippen LogP) is 0.849. The van der Waals surface area contributed by atoms with E-state index in [9.17, 15) is 0 Å². The highest BCUT2D eigenvalue weighted by Gasteiger charge is 2.15. The van der Waals surface area contributed by atoms with E-state index in [1.54, 1.807) is 0 Å². The number of hydrogen-bond acceptors (Lipinski definition) is 4. The lowest BCUT2D eigenvalue weighted by Gasteiger charge is -2.30. The van der Waals surface area contributed by atoms with Crippen LogP contribution in [0.25, 0.3) is 0 Å². The van der Waals surface area contributed by atoms with Crippen LogP contribution in [0.1, 0.15) is 32.6 Å². The van der Waals surface area contributed by atoms with E-state index < -0.39 is 0 Å². The molecule has 1 unspecified atom stereocenters. The van der Waals surface area contributed by atoms with Crippen molar-refractivity contribution in [1.82, 2.24) is 10.2 Å². The third-order valence-corrected chi connectivity index (χ3v) is 3.22. The predicted molar refractivity (Wildman–Crippen MR) is 70.3 cm³/mol. The Morgan fingerprint density at radius 1 is 1.29 bits per heavy atom. The summed E-state index contributed by atoms with van der Waals surface area (Å²) in [5.41, 5.74) is 0. The molecule has 2 N–H and O–H groups in total. The lowest BCUT2D eigenvalue weighted by molar-refractivity contribution is 0.0706. The summed E-state index contributed by atoms with van der Waals surface area (Å²) in [6.45, 7) is 7.96. The van der Waals surface area contributed by atoms with E-state index in [0.29, 0.717) is 12.6 Å². The van der Waals surface area contributed by atoms with E-state index in [2.05, 4.69) is 17.1 Å². The molecule has 0 aromatic heterocycles. The Hall–Kier alpha value is -0.160. The molecule has 1 heterocycles. The van der Waals surface area contributed by atoms with Crippen LogP contribution in [-0.2, 0) is 4.74 Å². The Bertz CT molecular complexity index is 173. The zero-order valence-corrected chi connectivity index (χ0v) is 11.2. The summed E-state index contributed by atoms with van der Waals surface area (Å²) in [7, 11) is 0. The molecule has 4 nitrogen and oxygen atoms in total. The maximum atomic E-state index is 8.65. The van der Waals surface area contributed by atoms with Gasteiger partial charge in [-0.2, -0.15) is 0 Å². The van der Waals surface area contributed by atoms with Gasteiger partial charge in [-0.25, -0.2) is 0 Å². The van der Waals surface area contributed by atoms with Crippen molar-refractivity contribution < 1.29 is 9.84 Å². The highest BCUT2D eigenvalue weighted by Crippen LogP contribution is 2.08. The Balaban J connectivity index is 2.16. The molecule has 0 amide bonds. The van der Waals surface area contributed by atoms with Gasteiger partial charge in [0.1, 0.15) is 0 Å². The smallest absolute Gasteiger partial charge is 0.0698 e. The van der Waals surface area contributed by atoms with Gasteiger partial charge in [0.2, 0.25) is 0 Å². The number of rotatable bonds is 9. The number of aliphatic hydroxyl groups is 1. The standard InChI is InChI=1S/C13H28N2O2/c1-2-7-15(8-10-17-11-9-16)12-13-5-3-4-6-14-13/h13-14,16H,2-12H2,1H3. The molecule has 0 aromatic rings. The molecule has 0 aromatic carbocycles. The van der Waals surface area contributed by atoms with E-state index in [-0.39, 0.29) is 6.61 Å². The molecular formula is C13H28N2O2. The second kappa shape index (κ2) is 9.83. The van der Waals surface area contributed by atoms with Crippen molar-refractivity contribution in [3.8, 4) is 0 Å². The Morgan fingerprint density at radius 2 is 2.18 bits per heavy atom. The number of piperidine rings is 1. The second-order valence-electron chi connectivity index (χ2n) is 4.78. The van der Waals surface area contributed by atoms with E-state index in [1.165, 1.54) is 32.2 Å². The van der Waals surface area contributed by atoms with Crippen LogP contribution in [0, 0.1) is 0 Å². The summed E-state index contributed by atoms with van der Waals surface area (Å²) in [6, 6.07) is 0.660. The van der Waals surface area contributed by atoms with Crippen LogP contribution in [0.4, 0.5) is 0 Å². The van der Waals surface area contributed by atoms with Gasteiger partial charge in [0.25, 0.3) is 0 Å². The van der Waals surface area contributed by atoms with Crippen LogP contribution in [-0.4, -0.2) is 62.0 Å². The summed E-state index contributed by atoms with van der Waals surface area (Å²) in [4.78, 5) is 2.47. The van der Waals surface area contributed by atoms with E-state index in [4.69, 9.17) is 9.84 Å². The summed E-state index contributed by atoms with van der Waals surface area (Å²) in [5.74, 6) is 0. The first-order valence-corrected chi connectivity index (χ1v) is 7.01. The average molecular weight is 244 g/mol. The zero-order chi connectivity index (χ0) is 12.3. The molecular weight excluding hydrogens is 216 g/mol. The van der Waals surface area contributed by atoms with Crippen LogP contribution in [0.3, 0.4) is 0 Å². The first-order valence-electron chi connectivity index (χ1n) is 7.01. The van der Waals surface area contributed by atoms with Crippen molar-refractivity contribution >= 4 is 0 Å². The molecule has 17 heavy (non-hydrogen) atoms. The lowest BCUT2D eigenvalue weighted by Crippen LogP contribution is -2.44. The van der Waals surface area contributed by atoms with Gasteiger partial charge in [0.05, 0.1) is 19.8 Å². The van der Waals surface area contributed by atoms with Gasteiger partial charge in [-0.3, -0.25) is 4.90 Å². The summed E-state index contributed by atoms with van der Waals surface area (Å²) >= 11 is 0. The summed E-state index contributed by atoms with van der Waals surface area (Å²) in [5, 5.41) is 12.2. The van der Waals surface area contributed by atoms with Gasteiger partial charge < -0.3 is 15.2 Å². The normalized spacial score (nSPS) is 21.0. The van der Waals surface area contributed by atoms with Gasteiger partial charge in [0.15, 0.2) is 0 Å². The minimum absolute atomic E-state index is 0.123. The molecule has 1 aliphatic rings. The number of hydrogen-bond donors (Lipinski definition) is 2. The van der Waals surface area contributed by atoms with E-state index in [0.717, 1.165) is 26.2 Å². The largest absolute Gasteiger partial charge is 0.394 e. The van der Waals surface area contributed by atoms with Crippen molar-refractivity contribution in [2.75, 3.05) is 46.0 Å². The fourth-order valence-corrected chi connectivity index (χ4v) is 2.36. The van der Waals surface area contributed by atoms with Gasteiger partial charge in [-0.05, 0) is 32.4 Å². The minimum atomic E-state index is 0.123. The number of aliphatic hydroxyl groups excluding tert-OH is 1. The van der Waals surface area contributed by atoms with Crippen LogP contribution >= 0.6 is 0 Å². The third-order valence-electron chi connectivity index (χ3n) is 3.22. The topological polar surface area (TPSA) is 44.7 Å². The Morgan fingerprint density at radius 3 is 2.82 bits per heavy atom. The second-order valence-corrected chi connectivity index (χ2v) is 4.78. The molecule has 1 rings (SSSR count). The molecule has 1 aliphatic heterocycles. The Labute approximate surface area is 105 Å². The number of nitrogens with zero attached hydrogens (tertiary/aromatic N) is 1. The molecule has 4 heteroatoms. The quantitative estimate of drug-likeness (QED) is 0.590. The highest BCUT2D eigenvalue weighted by atomic mass is 16.5. The van der Waals surface area contributed by atoms with Crippen molar-refractivity contribution in [1.29, 1.82) is 0 Å². The van der Waals surface area contributed by atoms with Crippen molar-refractivity contribution in [2.24, 2.45) is 0 Å². The van der Waals surface area contributed by atoms with E-state index >= 15 is 0 Å². The fraction of sp³-hybridized carbons (Fsp3) is 1.00. The fourth-order valence-electron chi connectivity index (χ4n) is 2.36. The molecule has 1 saturated heterocycles.